The van der Waals surface area contributed by atoms with Crippen molar-refractivity contribution in [1.29, 1.82) is 0 Å². The predicted molar refractivity (Wildman–Crippen MR) is 82.1 cm³/mol. The molecule has 2 atom stereocenters. The van der Waals surface area contributed by atoms with E-state index in [2.05, 4.69) is 10.3 Å². The van der Waals surface area contributed by atoms with E-state index in [9.17, 15) is 18.0 Å². The minimum absolute atomic E-state index is 0.164. The maximum atomic E-state index is 13.0. The number of aromatic nitrogens is 2. The van der Waals surface area contributed by atoms with Crippen molar-refractivity contribution >= 4 is 5.91 Å². The van der Waals surface area contributed by atoms with Crippen LogP contribution in [0.2, 0.25) is 0 Å². The molecule has 0 aliphatic heterocycles. The number of aryl methyl sites for hydroxylation is 1. The molecule has 1 amide bonds. The third kappa shape index (κ3) is 3.77. The summed E-state index contributed by atoms with van der Waals surface area (Å²) >= 11 is 0. The van der Waals surface area contributed by atoms with E-state index < -0.39 is 11.7 Å². The highest BCUT2D eigenvalue weighted by Gasteiger charge is 2.47. The van der Waals surface area contributed by atoms with Crippen LogP contribution in [-0.4, -0.2) is 22.0 Å². The van der Waals surface area contributed by atoms with Gasteiger partial charge in [0, 0.05) is 31.4 Å². The maximum absolute atomic E-state index is 13.0. The van der Waals surface area contributed by atoms with Crippen LogP contribution in [0, 0.1) is 5.92 Å². The largest absolute Gasteiger partial charge is 0.416 e. The fourth-order valence-corrected chi connectivity index (χ4v) is 2.93. The standard InChI is InChI=1S/C17H18F3N3O/c18-17(19,20)15-5-2-1-4-12(15)13-10-14(13)16(24)22-6-3-8-23-9-7-21-11-23/h1-2,4-5,7,9,11,13-14H,3,6,8,10H2,(H,22,24). The smallest absolute Gasteiger partial charge is 0.356 e. The fourth-order valence-electron chi connectivity index (χ4n) is 2.93. The van der Waals surface area contributed by atoms with Crippen molar-refractivity contribution in [3.8, 4) is 0 Å². The molecule has 128 valence electrons. The lowest BCUT2D eigenvalue weighted by molar-refractivity contribution is -0.138. The van der Waals surface area contributed by atoms with E-state index >= 15 is 0 Å². The summed E-state index contributed by atoms with van der Waals surface area (Å²) in [5.74, 6) is -0.860. The lowest BCUT2D eigenvalue weighted by Crippen LogP contribution is -2.27. The molecule has 0 spiro atoms. The van der Waals surface area contributed by atoms with E-state index in [0.717, 1.165) is 19.0 Å². The molecule has 1 aliphatic rings. The maximum Gasteiger partial charge on any atom is 0.416 e. The number of hydrogen-bond acceptors (Lipinski definition) is 2. The summed E-state index contributed by atoms with van der Waals surface area (Å²) in [6.07, 6.45) is 2.06. The molecule has 1 saturated carbocycles. The molecule has 7 heteroatoms. The number of nitrogens with zero attached hydrogens (tertiary/aromatic N) is 2. The highest BCUT2D eigenvalue weighted by Crippen LogP contribution is 2.50. The van der Waals surface area contributed by atoms with Gasteiger partial charge in [-0.15, -0.1) is 0 Å². The molecule has 1 N–H and O–H groups in total. The lowest BCUT2D eigenvalue weighted by atomic mass is 10.0. The zero-order valence-corrected chi connectivity index (χ0v) is 13.0. The van der Waals surface area contributed by atoms with Crippen molar-refractivity contribution < 1.29 is 18.0 Å². The Kier molecular flexibility index (Phi) is 4.59. The van der Waals surface area contributed by atoms with Gasteiger partial charge in [-0.3, -0.25) is 4.79 Å². The Labute approximate surface area is 137 Å². The van der Waals surface area contributed by atoms with E-state index in [0.29, 0.717) is 13.0 Å². The van der Waals surface area contributed by atoms with Crippen LogP contribution in [0.5, 0.6) is 0 Å². The van der Waals surface area contributed by atoms with Gasteiger partial charge in [0.1, 0.15) is 0 Å². The third-order valence-corrected chi connectivity index (χ3v) is 4.24. The third-order valence-electron chi connectivity index (χ3n) is 4.24. The van der Waals surface area contributed by atoms with Gasteiger partial charge in [-0.2, -0.15) is 13.2 Å². The summed E-state index contributed by atoms with van der Waals surface area (Å²) in [6, 6.07) is 5.51. The minimum atomic E-state index is -4.38. The zero-order chi connectivity index (χ0) is 17.2. The van der Waals surface area contributed by atoms with Gasteiger partial charge in [0.05, 0.1) is 11.9 Å². The molecule has 4 nitrogen and oxygen atoms in total. The van der Waals surface area contributed by atoms with Crippen LogP contribution in [0.15, 0.2) is 43.0 Å². The van der Waals surface area contributed by atoms with Crippen molar-refractivity contribution in [3.05, 3.63) is 54.1 Å². The Morgan fingerprint density at radius 1 is 1.33 bits per heavy atom. The Morgan fingerprint density at radius 3 is 2.83 bits per heavy atom. The number of benzene rings is 1. The monoisotopic (exact) mass is 337 g/mol. The molecule has 0 saturated heterocycles. The van der Waals surface area contributed by atoms with Crippen molar-refractivity contribution in [3.63, 3.8) is 0 Å². The quantitative estimate of drug-likeness (QED) is 0.823. The molecule has 1 aromatic carbocycles. The molecule has 0 radical (unpaired) electrons. The zero-order valence-electron chi connectivity index (χ0n) is 13.0. The molecule has 1 heterocycles. The molecule has 1 aromatic heterocycles. The fraction of sp³-hybridized carbons (Fsp3) is 0.412. The van der Waals surface area contributed by atoms with Crippen molar-refractivity contribution in [2.24, 2.45) is 5.92 Å². The van der Waals surface area contributed by atoms with Crippen molar-refractivity contribution in [1.82, 2.24) is 14.9 Å². The lowest BCUT2D eigenvalue weighted by Gasteiger charge is -2.12. The number of carbonyl (C=O) groups is 1. The first kappa shape index (κ1) is 16.5. The summed E-state index contributed by atoms with van der Waals surface area (Å²) in [4.78, 5) is 16.0. The first-order chi connectivity index (χ1) is 11.5. The van der Waals surface area contributed by atoms with Crippen LogP contribution in [0.4, 0.5) is 13.2 Å². The number of nitrogens with one attached hydrogen (secondary N) is 1. The second-order valence-electron chi connectivity index (χ2n) is 5.98. The number of halogens is 3. The minimum Gasteiger partial charge on any atom is -0.356 e. The number of amides is 1. The van der Waals surface area contributed by atoms with Crippen LogP contribution >= 0.6 is 0 Å². The first-order valence-electron chi connectivity index (χ1n) is 7.86. The van der Waals surface area contributed by atoms with Gasteiger partial charge >= 0.3 is 6.18 Å². The Hall–Kier alpha value is -2.31. The molecular weight excluding hydrogens is 319 g/mol. The molecule has 0 bridgehead atoms. The first-order valence-corrected chi connectivity index (χ1v) is 7.86. The Bertz CT molecular complexity index is 697. The number of alkyl halides is 3. The molecule has 1 aliphatic carbocycles. The van der Waals surface area contributed by atoms with Crippen molar-refractivity contribution in [2.45, 2.75) is 31.5 Å². The second-order valence-corrected chi connectivity index (χ2v) is 5.98. The van der Waals surface area contributed by atoms with Crippen LogP contribution in [0.25, 0.3) is 0 Å². The average molecular weight is 337 g/mol. The molecule has 1 fully saturated rings. The van der Waals surface area contributed by atoms with Gasteiger partial charge in [-0.25, -0.2) is 4.98 Å². The van der Waals surface area contributed by atoms with E-state index in [-0.39, 0.29) is 23.3 Å². The van der Waals surface area contributed by atoms with E-state index in [1.807, 2.05) is 10.8 Å². The predicted octanol–water partition coefficient (Wildman–Crippen LogP) is 3.21. The average Bonchev–Trinajstić information content (AvgIpc) is 3.18. The number of hydrogen-bond donors (Lipinski definition) is 1. The number of imidazole rings is 1. The summed E-state index contributed by atoms with van der Waals surface area (Å²) in [6.45, 7) is 1.24. The molecule has 2 unspecified atom stereocenters. The van der Waals surface area contributed by atoms with E-state index in [1.165, 1.54) is 12.1 Å². The summed E-state index contributed by atoms with van der Waals surface area (Å²) in [5.41, 5.74) is -0.408. The van der Waals surface area contributed by atoms with Crippen LogP contribution in [-0.2, 0) is 17.5 Å². The van der Waals surface area contributed by atoms with Crippen LogP contribution < -0.4 is 5.32 Å². The number of carbonyl (C=O) groups excluding carboxylic acids is 1. The summed E-state index contributed by atoms with van der Waals surface area (Å²) in [7, 11) is 0. The van der Waals surface area contributed by atoms with Crippen molar-refractivity contribution in [2.75, 3.05) is 6.54 Å². The SMILES string of the molecule is O=C(NCCCn1ccnc1)C1CC1c1ccccc1C(F)(F)F. The summed E-state index contributed by atoms with van der Waals surface area (Å²) < 4.78 is 41.0. The topological polar surface area (TPSA) is 46.9 Å². The number of rotatable bonds is 6. The van der Waals surface area contributed by atoms with E-state index in [4.69, 9.17) is 0 Å². The Morgan fingerprint density at radius 2 is 2.12 bits per heavy atom. The van der Waals surface area contributed by atoms with Gasteiger partial charge < -0.3 is 9.88 Å². The van der Waals surface area contributed by atoms with Gasteiger partial charge in [0.2, 0.25) is 5.91 Å². The molecule has 2 aromatic rings. The normalized spacial score (nSPS) is 20.0. The highest BCUT2D eigenvalue weighted by atomic mass is 19.4. The Balaban J connectivity index is 1.51. The van der Waals surface area contributed by atoms with Gasteiger partial charge in [-0.05, 0) is 30.4 Å². The van der Waals surface area contributed by atoms with Gasteiger partial charge in [0.25, 0.3) is 0 Å². The van der Waals surface area contributed by atoms with Crippen LogP contribution in [0.1, 0.15) is 29.9 Å². The second kappa shape index (κ2) is 6.67. The molecule has 3 rings (SSSR count). The highest BCUT2D eigenvalue weighted by molar-refractivity contribution is 5.83. The van der Waals surface area contributed by atoms with Crippen LogP contribution in [0.3, 0.4) is 0 Å². The van der Waals surface area contributed by atoms with E-state index in [1.54, 1.807) is 18.6 Å². The molecular formula is C17H18F3N3O. The summed E-state index contributed by atoms with van der Waals surface area (Å²) in [5, 5.41) is 2.81. The van der Waals surface area contributed by atoms with Gasteiger partial charge in [0.15, 0.2) is 0 Å². The van der Waals surface area contributed by atoms with Gasteiger partial charge in [-0.1, -0.05) is 18.2 Å². The molecule has 24 heavy (non-hydrogen) atoms.